The van der Waals surface area contributed by atoms with Crippen molar-refractivity contribution in [2.75, 3.05) is 5.32 Å². The van der Waals surface area contributed by atoms with E-state index in [1.807, 2.05) is 43.3 Å². The Balaban J connectivity index is 1.35. The SMILES string of the molecule is Cc1cc(-c2ccc(CNc3ncnc(-c4ccc5nccnc5c4)c3F)cc2)ccn1. The Morgan fingerprint density at radius 1 is 0.719 bits per heavy atom. The van der Waals surface area contributed by atoms with Crippen LogP contribution in [0, 0.1) is 12.7 Å². The fraction of sp³-hybridized carbons (Fsp3) is 0.0800. The first-order valence-electron chi connectivity index (χ1n) is 10.1. The summed E-state index contributed by atoms with van der Waals surface area (Å²) in [5.74, 6) is -0.345. The molecule has 0 amide bonds. The Labute approximate surface area is 184 Å². The summed E-state index contributed by atoms with van der Waals surface area (Å²) in [7, 11) is 0. The topological polar surface area (TPSA) is 76.5 Å². The van der Waals surface area contributed by atoms with Gasteiger partial charge in [-0.3, -0.25) is 15.0 Å². The molecule has 0 atom stereocenters. The summed E-state index contributed by atoms with van der Waals surface area (Å²) in [5, 5.41) is 3.08. The van der Waals surface area contributed by atoms with Gasteiger partial charge in [-0.25, -0.2) is 14.4 Å². The zero-order valence-electron chi connectivity index (χ0n) is 17.3. The number of benzene rings is 2. The quantitative estimate of drug-likeness (QED) is 0.419. The molecule has 0 unspecified atom stereocenters. The van der Waals surface area contributed by atoms with E-state index in [-0.39, 0.29) is 11.5 Å². The lowest BCUT2D eigenvalue weighted by Crippen LogP contribution is -2.05. The lowest BCUT2D eigenvalue weighted by atomic mass is 10.0. The van der Waals surface area contributed by atoms with E-state index in [9.17, 15) is 0 Å². The lowest BCUT2D eigenvalue weighted by molar-refractivity contribution is 0.621. The Morgan fingerprint density at radius 2 is 1.50 bits per heavy atom. The standard InChI is InChI=1S/C25H19FN6/c1-16-12-19(8-9-27-16)18-4-2-17(3-5-18)14-30-25-23(26)24(31-15-32-25)20-6-7-21-22(13-20)29-11-10-28-21/h2-13,15H,14H2,1H3,(H,30,31,32). The first-order valence-corrected chi connectivity index (χ1v) is 10.1. The number of halogens is 1. The van der Waals surface area contributed by atoms with Gasteiger partial charge in [0.15, 0.2) is 11.6 Å². The van der Waals surface area contributed by atoms with Crippen LogP contribution in [0.1, 0.15) is 11.3 Å². The number of fused-ring (bicyclic) bond motifs is 1. The number of nitrogens with one attached hydrogen (secondary N) is 1. The van der Waals surface area contributed by atoms with E-state index in [2.05, 4.69) is 30.2 Å². The van der Waals surface area contributed by atoms with Crippen LogP contribution in [-0.2, 0) is 6.54 Å². The number of nitrogens with zero attached hydrogens (tertiary/aromatic N) is 5. The van der Waals surface area contributed by atoms with Gasteiger partial charge in [-0.1, -0.05) is 30.3 Å². The van der Waals surface area contributed by atoms with Gasteiger partial charge in [0.05, 0.1) is 11.0 Å². The third-order valence-corrected chi connectivity index (χ3v) is 5.18. The molecular formula is C25H19FN6. The molecule has 3 aromatic heterocycles. The van der Waals surface area contributed by atoms with Crippen LogP contribution >= 0.6 is 0 Å². The largest absolute Gasteiger partial charge is 0.363 e. The van der Waals surface area contributed by atoms with E-state index >= 15 is 4.39 Å². The number of pyridine rings is 1. The maximum atomic E-state index is 15.2. The minimum Gasteiger partial charge on any atom is -0.363 e. The monoisotopic (exact) mass is 422 g/mol. The Bertz CT molecular complexity index is 1400. The number of anilines is 1. The summed E-state index contributed by atoms with van der Waals surface area (Å²) in [4.78, 5) is 21.0. The molecule has 0 fully saturated rings. The number of hydrogen-bond acceptors (Lipinski definition) is 6. The third-order valence-electron chi connectivity index (χ3n) is 5.18. The summed E-state index contributed by atoms with van der Waals surface area (Å²) in [5.41, 5.74) is 6.48. The molecule has 0 radical (unpaired) electrons. The molecule has 5 rings (SSSR count). The van der Waals surface area contributed by atoms with Gasteiger partial charge in [0.25, 0.3) is 0 Å². The predicted molar refractivity (Wildman–Crippen MR) is 122 cm³/mol. The molecule has 2 aromatic carbocycles. The van der Waals surface area contributed by atoms with E-state index in [1.54, 1.807) is 36.8 Å². The predicted octanol–water partition coefficient (Wildman–Crippen LogP) is 5.21. The molecule has 0 aliphatic carbocycles. The van der Waals surface area contributed by atoms with Crippen LogP contribution in [0.25, 0.3) is 33.4 Å². The van der Waals surface area contributed by atoms with Gasteiger partial charge >= 0.3 is 0 Å². The summed E-state index contributed by atoms with van der Waals surface area (Å²) in [6.07, 6.45) is 6.39. The third kappa shape index (κ3) is 4.00. The smallest absolute Gasteiger partial charge is 0.191 e. The molecule has 0 bridgehead atoms. The molecule has 7 heteroatoms. The van der Waals surface area contributed by atoms with E-state index in [1.165, 1.54) is 6.33 Å². The van der Waals surface area contributed by atoms with Crippen molar-refractivity contribution in [2.24, 2.45) is 0 Å². The number of aryl methyl sites for hydroxylation is 1. The Kier molecular flexibility index (Phi) is 5.21. The number of hydrogen-bond donors (Lipinski definition) is 1. The molecule has 156 valence electrons. The Hall–Kier alpha value is -4.26. The van der Waals surface area contributed by atoms with Crippen LogP contribution in [0.15, 0.2) is 79.5 Å². The number of rotatable bonds is 5. The van der Waals surface area contributed by atoms with E-state index < -0.39 is 5.82 Å². The van der Waals surface area contributed by atoms with E-state index in [0.717, 1.165) is 27.9 Å². The van der Waals surface area contributed by atoms with Crippen LogP contribution < -0.4 is 5.32 Å². The molecule has 32 heavy (non-hydrogen) atoms. The highest BCUT2D eigenvalue weighted by molar-refractivity contribution is 5.80. The first kappa shape index (κ1) is 19.7. The second-order valence-electron chi connectivity index (χ2n) is 7.38. The van der Waals surface area contributed by atoms with Crippen LogP contribution in [0.5, 0.6) is 0 Å². The molecule has 0 aliphatic rings. The van der Waals surface area contributed by atoms with Crippen molar-refractivity contribution in [1.29, 1.82) is 0 Å². The van der Waals surface area contributed by atoms with Crippen molar-refractivity contribution < 1.29 is 4.39 Å². The fourth-order valence-electron chi connectivity index (χ4n) is 3.53. The highest BCUT2D eigenvalue weighted by Crippen LogP contribution is 2.26. The molecule has 5 aromatic rings. The van der Waals surface area contributed by atoms with Crippen molar-refractivity contribution in [3.05, 3.63) is 96.6 Å². The molecule has 1 N–H and O–H groups in total. The van der Waals surface area contributed by atoms with Crippen LogP contribution in [0.3, 0.4) is 0 Å². The fourth-order valence-corrected chi connectivity index (χ4v) is 3.53. The highest BCUT2D eigenvalue weighted by Gasteiger charge is 2.14. The van der Waals surface area contributed by atoms with E-state index in [4.69, 9.17) is 0 Å². The number of aromatic nitrogens is 5. The van der Waals surface area contributed by atoms with Crippen molar-refractivity contribution in [1.82, 2.24) is 24.9 Å². The first-order chi connectivity index (χ1) is 15.7. The van der Waals surface area contributed by atoms with Gasteiger partial charge in [-0.15, -0.1) is 0 Å². The maximum Gasteiger partial charge on any atom is 0.191 e. The zero-order chi connectivity index (χ0) is 21.9. The molecule has 0 saturated carbocycles. The van der Waals surface area contributed by atoms with Crippen LogP contribution in [0.4, 0.5) is 10.2 Å². The molecule has 0 spiro atoms. The molecule has 3 heterocycles. The van der Waals surface area contributed by atoms with Crippen LogP contribution in [-0.4, -0.2) is 24.9 Å². The second-order valence-corrected chi connectivity index (χ2v) is 7.38. The molecule has 0 aliphatic heterocycles. The van der Waals surface area contributed by atoms with Crippen molar-refractivity contribution in [3.63, 3.8) is 0 Å². The minimum absolute atomic E-state index is 0.156. The maximum absolute atomic E-state index is 15.2. The van der Waals surface area contributed by atoms with Crippen molar-refractivity contribution in [2.45, 2.75) is 13.5 Å². The van der Waals surface area contributed by atoms with Gasteiger partial charge < -0.3 is 5.32 Å². The van der Waals surface area contributed by atoms with Crippen molar-refractivity contribution in [3.8, 4) is 22.4 Å². The van der Waals surface area contributed by atoms with Gasteiger partial charge in [0, 0.05) is 36.4 Å². The second kappa shape index (κ2) is 8.47. The highest BCUT2D eigenvalue weighted by atomic mass is 19.1. The molecule has 6 nitrogen and oxygen atoms in total. The summed E-state index contributed by atoms with van der Waals surface area (Å²) >= 11 is 0. The van der Waals surface area contributed by atoms with Crippen molar-refractivity contribution >= 4 is 16.9 Å². The summed E-state index contributed by atoms with van der Waals surface area (Å²) < 4.78 is 15.2. The van der Waals surface area contributed by atoms with Gasteiger partial charge in [-0.05, 0) is 47.9 Å². The van der Waals surface area contributed by atoms with Gasteiger partial charge in [0.1, 0.15) is 12.0 Å². The van der Waals surface area contributed by atoms with Gasteiger partial charge in [-0.2, -0.15) is 0 Å². The summed E-state index contributed by atoms with van der Waals surface area (Å²) in [6.45, 7) is 2.41. The molecule has 0 saturated heterocycles. The van der Waals surface area contributed by atoms with Crippen LogP contribution in [0.2, 0.25) is 0 Å². The average molecular weight is 422 g/mol. The zero-order valence-corrected chi connectivity index (χ0v) is 17.3. The van der Waals surface area contributed by atoms with E-state index in [0.29, 0.717) is 17.6 Å². The molecular weight excluding hydrogens is 403 g/mol. The minimum atomic E-state index is -0.500. The average Bonchev–Trinajstić information content (AvgIpc) is 2.83. The Morgan fingerprint density at radius 3 is 2.31 bits per heavy atom. The lowest BCUT2D eigenvalue weighted by Gasteiger charge is -2.10. The normalized spacial score (nSPS) is 10.9. The van der Waals surface area contributed by atoms with Gasteiger partial charge in [0.2, 0.25) is 0 Å². The summed E-state index contributed by atoms with van der Waals surface area (Å²) in [6, 6.07) is 17.5.